The number of nitro benzene ring substituents is 1. The van der Waals surface area contributed by atoms with Crippen molar-refractivity contribution in [3.63, 3.8) is 0 Å². The number of sulfone groups is 1. The molecule has 2 aromatic carbocycles. The summed E-state index contributed by atoms with van der Waals surface area (Å²) in [6, 6.07) is 20.8. The summed E-state index contributed by atoms with van der Waals surface area (Å²) < 4.78 is 53.6. The zero-order valence-electron chi connectivity index (χ0n) is 28.3. The summed E-state index contributed by atoms with van der Waals surface area (Å²) in [6.45, 7) is 2.90. The van der Waals surface area contributed by atoms with E-state index < -0.39 is 36.4 Å². The van der Waals surface area contributed by atoms with Crippen LogP contribution >= 0.6 is 0 Å². The number of aromatic nitrogens is 3. The van der Waals surface area contributed by atoms with Crippen molar-refractivity contribution in [2.24, 2.45) is 5.41 Å². The third-order valence-electron chi connectivity index (χ3n) is 9.70. The van der Waals surface area contributed by atoms with Crippen LogP contribution in [0.2, 0.25) is 0 Å². The molecule has 4 heterocycles. The van der Waals surface area contributed by atoms with Crippen molar-refractivity contribution in [2.75, 3.05) is 24.2 Å². The maximum absolute atomic E-state index is 13.3. The predicted octanol–water partition coefficient (Wildman–Crippen LogP) is 4.58. The number of benzene rings is 2. The SMILES string of the molecule is Cc1ccc(C(=O)NCc2cc3nc(-c4cccc(N5CC[C@@H](NS(=O)(=O)c6ccccc6[N+](=O)[O-])C6(CC6)C5)n4)ccc3cn2)cc1S(C)(=O)=O. The molecule has 1 saturated carbocycles. The fraction of sp³-hybridized carbons (Fsp3) is 0.278. The largest absolute Gasteiger partial charge is 0.356 e. The van der Waals surface area contributed by atoms with Gasteiger partial charge in [-0.05, 0) is 80.3 Å². The zero-order chi connectivity index (χ0) is 36.8. The van der Waals surface area contributed by atoms with E-state index in [4.69, 9.17) is 9.97 Å². The van der Waals surface area contributed by atoms with Gasteiger partial charge in [-0.2, -0.15) is 0 Å². The highest BCUT2D eigenvalue weighted by Crippen LogP contribution is 2.53. The number of piperidine rings is 1. The first kappa shape index (κ1) is 35.1. The van der Waals surface area contributed by atoms with Crippen molar-refractivity contribution in [3.8, 4) is 11.4 Å². The van der Waals surface area contributed by atoms with Crippen LogP contribution in [0.25, 0.3) is 22.3 Å². The Morgan fingerprint density at radius 3 is 2.48 bits per heavy atom. The number of aryl methyl sites for hydroxylation is 1. The normalized spacial score (nSPS) is 16.9. The lowest BCUT2D eigenvalue weighted by atomic mass is 9.89. The molecule has 0 bridgehead atoms. The van der Waals surface area contributed by atoms with Gasteiger partial charge in [0.2, 0.25) is 10.0 Å². The summed E-state index contributed by atoms with van der Waals surface area (Å²) in [5.74, 6) is 0.308. The Hall–Kier alpha value is -5.32. The van der Waals surface area contributed by atoms with Gasteiger partial charge in [-0.15, -0.1) is 0 Å². The molecule has 1 aliphatic carbocycles. The van der Waals surface area contributed by atoms with E-state index in [-0.39, 0.29) is 33.4 Å². The van der Waals surface area contributed by atoms with Crippen LogP contribution in [0.1, 0.15) is 40.9 Å². The molecule has 16 heteroatoms. The molecule has 268 valence electrons. The number of hydrogen-bond acceptors (Lipinski definition) is 11. The molecule has 52 heavy (non-hydrogen) atoms. The van der Waals surface area contributed by atoms with Gasteiger partial charge in [0.05, 0.1) is 39.0 Å². The molecule has 0 unspecified atom stereocenters. The number of fused-ring (bicyclic) bond motifs is 1. The maximum atomic E-state index is 13.3. The minimum Gasteiger partial charge on any atom is -0.356 e. The third kappa shape index (κ3) is 7.09. The number of rotatable bonds is 10. The molecule has 14 nitrogen and oxygen atoms in total. The van der Waals surface area contributed by atoms with Gasteiger partial charge in [-0.1, -0.05) is 24.3 Å². The number of carbonyl (C=O) groups excluding carboxylic acids is 1. The quantitative estimate of drug-likeness (QED) is 0.150. The Balaban J connectivity index is 1.05. The number of para-hydroxylation sites is 1. The molecule has 3 aromatic heterocycles. The van der Waals surface area contributed by atoms with Crippen LogP contribution in [0.3, 0.4) is 0 Å². The van der Waals surface area contributed by atoms with E-state index in [2.05, 4.69) is 19.9 Å². The van der Waals surface area contributed by atoms with Gasteiger partial charge < -0.3 is 10.2 Å². The summed E-state index contributed by atoms with van der Waals surface area (Å²) in [6.07, 6.45) is 4.94. The molecule has 2 aliphatic rings. The van der Waals surface area contributed by atoms with Gasteiger partial charge in [0.1, 0.15) is 5.82 Å². The molecular formula is C36H35N7O7S2. The van der Waals surface area contributed by atoms with E-state index in [9.17, 15) is 31.7 Å². The van der Waals surface area contributed by atoms with E-state index >= 15 is 0 Å². The number of nitro groups is 1. The molecule has 5 aromatic rings. The Morgan fingerprint density at radius 2 is 1.73 bits per heavy atom. The Kier molecular flexibility index (Phi) is 9.00. The van der Waals surface area contributed by atoms with Crippen LogP contribution in [-0.2, 0) is 26.4 Å². The average molecular weight is 742 g/mol. The van der Waals surface area contributed by atoms with Gasteiger partial charge in [0.15, 0.2) is 14.7 Å². The first-order chi connectivity index (χ1) is 24.7. The monoisotopic (exact) mass is 741 g/mol. The highest BCUT2D eigenvalue weighted by molar-refractivity contribution is 7.90. The van der Waals surface area contributed by atoms with Crippen LogP contribution in [0, 0.1) is 22.5 Å². The second-order valence-electron chi connectivity index (χ2n) is 13.4. The van der Waals surface area contributed by atoms with Crippen molar-refractivity contribution in [2.45, 2.75) is 48.6 Å². The molecule has 1 aliphatic heterocycles. The molecule has 1 amide bonds. The van der Waals surface area contributed by atoms with Crippen molar-refractivity contribution < 1.29 is 26.6 Å². The molecule has 0 radical (unpaired) electrons. The Bertz CT molecular complexity index is 2470. The molecule has 1 atom stereocenters. The number of nitrogens with one attached hydrogen (secondary N) is 2. The second kappa shape index (κ2) is 13.3. The Labute approximate surface area is 300 Å². The van der Waals surface area contributed by atoms with Crippen LogP contribution in [0.15, 0.2) is 94.9 Å². The van der Waals surface area contributed by atoms with Crippen molar-refractivity contribution in [3.05, 3.63) is 112 Å². The first-order valence-corrected chi connectivity index (χ1v) is 19.9. The van der Waals surface area contributed by atoms with E-state index in [0.29, 0.717) is 47.7 Å². The highest BCUT2D eigenvalue weighted by atomic mass is 32.2. The summed E-state index contributed by atoms with van der Waals surface area (Å²) in [5, 5.41) is 15.1. The smallest absolute Gasteiger partial charge is 0.289 e. The van der Waals surface area contributed by atoms with E-state index in [1.165, 1.54) is 30.3 Å². The second-order valence-corrected chi connectivity index (χ2v) is 17.0. The lowest BCUT2D eigenvalue weighted by Crippen LogP contribution is -2.52. The molecule has 7 rings (SSSR count). The summed E-state index contributed by atoms with van der Waals surface area (Å²) in [4.78, 5) is 39.8. The first-order valence-electron chi connectivity index (χ1n) is 16.6. The van der Waals surface area contributed by atoms with Gasteiger partial charge in [-0.25, -0.2) is 31.5 Å². The number of pyridine rings is 3. The molecule has 1 spiro atoms. The summed E-state index contributed by atoms with van der Waals surface area (Å²) in [5.41, 5.74) is 2.55. The number of hydrogen-bond donors (Lipinski definition) is 2. The zero-order valence-corrected chi connectivity index (χ0v) is 29.9. The fourth-order valence-corrected chi connectivity index (χ4v) is 9.29. The van der Waals surface area contributed by atoms with E-state index in [0.717, 1.165) is 30.3 Å². The fourth-order valence-electron chi connectivity index (χ4n) is 6.75. The number of carbonyl (C=O) groups is 1. The number of amides is 1. The van der Waals surface area contributed by atoms with Gasteiger partial charge in [-0.3, -0.25) is 19.9 Å². The maximum Gasteiger partial charge on any atom is 0.289 e. The van der Waals surface area contributed by atoms with Crippen molar-refractivity contribution in [1.29, 1.82) is 0 Å². The third-order valence-corrected chi connectivity index (χ3v) is 12.5. The van der Waals surface area contributed by atoms with Gasteiger partial charge >= 0.3 is 0 Å². The summed E-state index contributed by atoms with van der Waals surface area (Å²) >= 11 is 0. The topological polar surface area (TPSA) is 194 Å². The molecule has 2 N–H and O–H groups in total. The lowest BCUT2D eigenvalue weighted by molar-refractivity contribution is -0.387. The molecular weight excluding hydrogens is 707 g/mol. The average Bonchev–Trinajstić information content (AvgIpc) is 3.90. The molecule has 2 fully saturated rings. The predicted molar refractivity (Wildman–Crippen MR) is 194 cm³/mol. The van der Waals surface area contributed by atoms with E-state index in [1.807, 2.05) is 30.3 Å². The summed E-state index contributed by atoms with van der Waals surface area (Å²) in [7, 11) is -7.61. The van der Waals surface area contributed by atoms with E-state index in [1.54, 1.807) is 31.3 Å². The van der Waals surface area contributed by atoms with Crippen molar-refractivity contribution >= 4 is 48.2 Å². The number of nitrogens with zero attached hydrogens (tertiary/aromatic N) is 5. The van der Waals surface area contributed by atoms with Crippen LogP contribution in [0.5, 0.6) is 0 Å². The Morgan fingerprint density at radius 1 is 0.962 bits per heavy atom. The highest BCUT2D eigenvalue weighted by Gasteiger charge is 2.54. The minimum absolute atomic E-state index is 0.104. The lowest BCUT2D eigenvalue weighted by Gasteiger charge is -2.40. The van der Waals surface area contributed by atoms with Gasteiger partial charge in [0, 0.05) is 54.0 Å². The standard InChI is InChI=1S/C36H35N7O7S2/c1-23-10-11-24(18-32(23)51(2,47)48)35(44)38-21-26-19-29-25(20-37-26)12-13-28(39-29)27-6-5-9-34(40-27)42-17-14-33(36(22-42)15-16-36)41-52(49,50)31-8-4-3-7-30(31)43(45)46/h3-13,18-20,33,41H,14-17,21-22H2,1-2H3,(H,38,44)/t33-/m1/s1. The van der Waals surface area contributed by atoms with Gasteiger partial charge in [0.25, 0.3) is 11.6 Å². The van der Waals surface area contributed by atoms with Crippen molar-refractivity contribution in [1.82, 2.24) is 25.0 Å². The number of sulfonamides is 1. The molecule has 1 saturated heterocycles. The minimum atomic E-state index is -4.12. The van der Waals surface area contributed by atoms with Crippen LogP contribution < -0.4 is 14.9 Å². The van der Waals surface area contributed by atoms with Crippen LogP contribution in [0.4, 0.5) is 11.5 Å². The number of anilines is 1. The van der Waals surface area contributed by atoms with Crippen LogP contribution in [-0.4, -0.2) is 68.0 Å².